The van der Waals surface area contributed by atoms with Gasteiger partial charge in [-0.2, -0.15) is 0 Å². The number of hydrogen-bond donors (Lipinski definition) is 1. The van der Waals surface area contributed by atoms with Crippen molar-refractivity contribution in [2.24, 2.45) is 5.92 Å². The fourth-order valence-corrected chi connectivity index (χ4v) is 2.17. The summed E-state index contributed by atoms with van der Waals surface area (Å²) in [6.07, 6.45) is 2.16. The molecule has 1 aliphatic rings. The van der Waals surface area contributed by atoms with Crippen LogP contribution in [-0.4, -0.2) is 50.2 Å². The molecule has 3 unspecified atom stereocenters. The Balaban J connectivity index is 2.55. The Hall–Kier alpha value is -0.610. The van der Waals surface area contributed by atoms with E-state index < -0.39 is 0 Å². The van der Waals surface area contributed by atoms with Gasteiger partial charge in [0.15, 0.2) is 0 Å². The first kappa shape index (κ1) is 13.5. The Morgan fingerprint density at radius 1 is 1.56 bits per heavy atom. The number of ether oxygens (including phenoxy) is 1. The molecular weight excluding hydrogens is 204 g/mol. The van der Waals surface area contributed by atoms with Crippen molar-refractivity contribution in [1.29, 1.82) is 0 Å². The first-order valence-electron chi connectivity index (χ1n) is 6.13. The van der Waals surface area contributed by atoms with Crippen LogP contribution in [0, 0.1) is 5.92 Å². The van der Waals surface area contributed by atoms with E-state index in [1.807, 2.05) is 19.0 Å². The van der Waals surface area contributed by atoms with Crippen molar-refractivity contribution in [3.63, 3.8) is 0 Å². The van der Waals surface area contributed by atoms with Gasteiger partial charge in [0.25, 0.3) is 0 Å². The summed E-state index contributed by atoms with van der Waals surface area (Å²) in [6.45, 7) is 5.44. The van der Waals surface area contributed by atoms with E-state index >= 15 is 0 Å². The molecule has 0 radical (unpaired) electrons. The lowest BCUT2D eigenvalue weighted by Gasteiger charge is -2.28. The van der Waals surface area contributed by atoms with Crippen LogP contribution in [0.3, 0.4) is 0 Å². The average molecular weight is 228 g/mol. The number of likely N-dealkylation sites (N-methyl/N-ethyl adjacent to an activating group) is 1. The molecule has 4 nitrogen and oxygen atoms in total. The maximum atomic E-state index is 12.2. The van der Waals surface area contributed by atoms with Gasteiger partial charge in [0.1, 0.15) is 0 Å². The molecule has 1 aliphatic heterocycles. The van der Waals surface area contributed by atoms with E-state index in [1.165, 1.54) is 0 Å². The monoisotopic (exact) mass is 228 g/mol. The zero-order valence-corrected chi connectivity index (χ0v) is 10.8. The number of nitrogens with zero attached hydrogens (tertiary/aromatic N) is 1. The van der Waals surface area contributed by atoms with E-state index in [0.717, 1.165) is 12.8 Å². The van der Waals surface area contributed by atoms with Crippen LogP contribution < -0.4 is 5.32 Å². The Morgan fingerprint density at radius 3 is 2.81 bits per heavy atom. The third-order valence-corrected chi connectivity index (χ3v) is 3.48. The van der Waals surface area contributed by atoms with Gasteiger partial charge < -0.3 is 15.0 Å². The predicted octanol–water partition coefficient (Wildman–Crippen LogP) is 0.868. The summed E-state index contributed by atoms with van der Waals surface area (Å²) in [5.41, 5.74) is 0. The van der Waals surface area contributed by atoms with Gasteiger partial charge in [0.2, 0.25) is 5.91 Å². The molecule has 4 heteroatoms. The van der Waals surface area contributed by atoms with Crippen LogP contribution in [0.5, 0.6) is 0 Å². The van der Waals surface area contributed by atoms with E-state index in [1.54, 1.807) is 0 Å². The fraction of sp³-hybridized carbons (Fsp3) is 0.917. The van der Waals surface area contributed by atoms with Crippen molar-refractivity contribution in [2.45, 2.75) is 38.8 Å². The molecule has 1 heterocycles. The second kappa shape index (κ2) is 6.21. The number of carbonyl (C=O) groups is 1. The van der Waals surface area contributed by atoms with Gasteiger partial charge in [0, 0.05) is 19.1 Å². The molecule has 1 N–H and O–H groups in total. The summed E-state index contributed by atoms with van der Waals surface area (Å²) in [4.78, 5) is 14.1. The van der Waals surface area contributed by atoms with Crippen LogP contribution in [0.25, 0.3) is 0 Å². The Morgan fingerprint density at radius 2 is 2.25 bits per heavy atom. The minimum atomic E-state index is -0.0192. The molecule has 0 aromatic heterocycles. The molecule has 1 fully saturated rings. The summed E-state index contributed by atoms with van der Waals surface area (Å²) >= 11 is 0. The molecule has 0 aromatic rings. The van der Waals surface area contributed by atoms with Crippen LogP contribution >= 0.6 is 0 Å². The van der Waals surface area contributed by atoms with Gasteiger partial charge in [-0.05, 0) is 20.4 Å². The molecule has 0 bridgehead atoms. The van der Waals surface area contributed by atoms with Crippen molar-refractivity contribution in [2.75, 3.05) is 27.3 Å². The van der Waals surface area contributed by atoms with Crippen molar-refractivity contribution < 1.29 is 9.53 Å². The van der Waals surface area contributed by atoms with Gasteiger partial charge in [-0.3, -0.25) is 4.79 Å². The van der Waals surface area contributed by atoms with Gasteiger partial charge in [-0.15, -0.1) is 0 Å². The second-order valence-electron chi connectivity index (χ2n) is 4.63. The van der Waals surface area contributed by atoms with Crippen molar-refractivity contribution >= 4 is 5.91 Å². The topological polar surface area (TPSA) is 41.6 Å². The third-order valence-electron chi connectivity index (χ3n) is 3.48. The number of hydrogen-bond acceptors (Lipinski definition) is 3. The van der Waals surface area contributed by atoms with E-state index in [9.17, 15) is 4.79 Å². The maximum absolute atomic E-state index is 12.2. The highest BCUT2D eigenvalue weighted by Gasteiger charge is 2.35. The Kier molecular flexibility index (Phi) is 5.22. The van der Waals surface area contributed by atoms with Gasteiger partial charge >= 0.3 is 0 Å². The molecule has 1 amide bonds. The first-order chi connectivity index (χ1) is 7.61. The number of amides is 1. The number of nitrogens with one attached hydrogen (secondary N) is 1. The minimum absolute atomic E-state index is 0.0192. The van der Waals surface area contributed by atoms with Crippen LogP contribution in [-0.2, 0) is 9.53 Å². The SMILES string of the molecule is CCCC(C)N(C)C(=O)C1COCC1NC. The summed E-state index contributed by atoms with van der Waals surface area (Å²) in [5.74, 6) is 0.187. The molecule has 94 valence electrons. The third kappa shape index (κ3) is 2.95. The molecule has 0 spiro atoms. The molecular formula is C12H24N2O2. The fourth-order valence-electron chi connectivity index (χ4n) is 2.17. The Bertz CT molecular complexity index is 233. The molecule has 0 aliphatic carbocycles. The smallest absolute Gasteiger partial charge is 0.229 e. The van der Waals surface area contributed by atoms with Gasteiger partial charge in [-0.1, -0.05) is 13.3 Å². The van der Waals surface area contributed by atoms with Crippen molar-refractivity contribution in [3.8, 4) is 0 Å². The number of carbonyl (C=O) groups excluding carboxylic acids is 1. The summed E-state index contributed by atoms with van der Waals surface area (Å²) < 4.78 is 5.36. The zero-order chi connectivity index (χ0) is 12.1. The molecule has 1 saturated heterocycles. The lowest BCUT2D eigenvalue weighted by Crippen LogP contribution is -2.46. The highest BCUT2D eigenvalue weighted by molar-refractivity contribution is 5.80. The molecule has 3 atom stereocenters. The Labute approximate surface area is 98.3 Å². The molecule has 0 saturated carbocycles. The standard InChI is InChI=1S/C12H24N2O2/c1-5-6-9(2)14(4)12(15)10-7-16-8-11(10)13-3/h9-11,13H,5-8H2,1-4H3. The van der Waals surface area contributed by atoms with Crippen LogP contribution in [0.4, 0.5) is 0 Å². The van der Waals surface area contributed by atoms with Gasteiger partial charge in [-0.25, -0.2) is 0 Å². The lowest BCUT2D eigenvalue weighted by molar-refractivity contribution is -0.136. The van der Waals surface area contributed by atoms with E-state index in [-0.39, 0.29) is 17.9 Å². The largest absolute Gasteiger partial charge is 0.379 e. The highest BCUT2D eigenvalue weighted by atomic mass is 16.5. The van der Waals surface area contributed by atoms with Crippen LogP contribution in [0.15, 0.2) is 0 Å². The minimum Gasteiger partial charge on any atom is -0.379 e. The molecule has 16 heavy (non-hydrogen) atoms. The average Bonchev–Trinajstić information content (AvgIpc) is 2.75. The van der Waals surface area contributed by atoms with Crippen LogP contribution in [0.2, 0.25) is 0 Å². The summed E-state index contributed by atoms with van der Waals surface area (Å²) in [6, 6.07) is 0.486. The summed E-state index contributed by atoms with van der Waals surface area (Å²) in [7, 11) is 3.78. The zero-order valence-electron chi connectivity index (χ0n) is 10.8. The highest BCUT2D eigenvalue weighted by Crippen LogP contribution is 2.18. The predicted molar refractivity (Wildman–Crippen MR) is 64.3 cm³/mol. The molecule has 1 rings (SSSR count). The maximum Gasteiger partial charge on any atom is 0.229 e. The van der Waals surface area contributed by atoms with Crippen molar-refractivity contribution in [3.05, 3.63) is 0 Å². The molecule has 0 aromatic carbocycles. The lowest BCUT2D eigenvalue weighted by atomic mass is 10.0. The van der Waals surface area contributed by atoms with E-state index in [4.69, 9.17) is 4.74 Å². The van der Waals surface area contributed by atoms with Crippen LogP contribution in [0.1, 0.15) is 26.7 Å². The van der Waals surface area contributed by atoms with E-state index in [0.29, 0.717) is 19.3 Å². The van der Waals surface area contributed by atoms with Crippen molar-refractivity contribution in [1.82, 2.24) is 10.2 Å². The number of rotatable bonds is 5. The van der Waals surface area contributed by atoms with E-state index in [2.05, 4.69) is 19.2 Å². The first-order valence-corrected chi connectivity index (χ1v) is 6.13. The van der Waals surface area contributed by atoms with Gasteiger partial charge in [0.05, 0.1) is 19.1 Å². The normalized spacial score (nSPS) is 26.8. The summed E-state index contributed by atoms with van der Waals surface area (Å²) in [5, 5.41) is 3.15. The quantitative estimate of drug-likeness (QED) is 0.759. The second-order valence-corrected chi connectivity index (χ2v) is 4.63.